The quantitative estimate of drug-likeness (QED) is 0.499. The molecular weight excluding hydrogens is 366 g/mol. The van der Waals surface area contributed by atoms with Crippen LogP contribution in [-0.2, 0) is 6.54 Å². The molecule has 0 spiro atoms. The number of ether oxygens (including phenoxy) is 1. The van der Waals surface area contributed by atoms with Crippen LogP contribution in [0.5, 0.6) is 5.75 Å². The Hall–Kier alpha value is -3.19. The van der Waals surface area contributed by atoms with Gasteiger partial charge in [-0.15, -0.1) is 0 Å². The second kappa shape index (κ2) is 7.67. The highest BCUT2D eigenvalue weighted by Gasteiger charge is 2.16. The van der Waals surface area contributed by atoms with E-state index in [0.717, 1.165) is 35.2 Å². The fourth-order valence-corrected chi connectivity index (χ4v) is 3.91. The number of methoxy groups -OCH3 is 1. The lowest BCUT2D eigenvalue weighted by Gasteiger charge is -2.14. The molecule has 0 amide bonds. The molecule has 0 radical (unpaired) electrons. The first-order chi connectivity index (χ1) is 14.3. The number of likely N-dealkylation sites (tertiary alicyclic amines) is 1. The zero-order valence-electron chi connectivity index (χ0n) is 16.4. The predicted molar refractivity (Wildman–Crippen MR) is 111 cm³/mol. The van der Waals surface area contributed by atoms with E-state index >= 15 is 0 Å². The van der Waals surface area contributed by atoms with Crippen LogP contribution in [0.2, 0.25) is 0 Å². The first-order valence-electron chi connectivity index (χ1n) is 9.96. The van der Waals surface area contributed by atoms with Crippen molar-refractivity contribution in [2.24, 2.45) is 0 Å². The van der Waals surface area contributed by atoms with Crippen LogP contribution in [0.4, 0.5) is 0 Å². The minimum Gasteiger partial charge on any atom is -0.496 e. The highest BCUT2D eigenvalue weighted by molar-refractivity contribution is 5.81. The number of hydrogen-bond acceptors (Lipinski definition) is 6. The fourth-order valence-electron chi connectivity index (χ4n) is 3.91. The SMILES string of the molecule is COc1ccccc1-c1nc(-c2ccc3c(c2)ncn3CCN2CCCC2)no1. The van der Waals surface area contributed by atoms with Crippen molar-refractivity contribution in [1.82, 2.24) is 24.6 Å². The van der Waals surface area contributed by atoms with Crippen LogP contribution >= 0.6 is 0 Å². The zero-order valence-corrected chi connectivity index (χ0v) is 16.4. The minimum atomic E-state index is 0.439. The van der Waals surface area contributed by atoms with Crippen LogP contribution in [-0.4, -0.2) is 51.3 Å². The van der Waals surface area contributed by atoms with Gasteiger partial charge in [0.25, 0.3) is 5.89 Å². The molecule has 0 bridgehead atoms. The number of hydrogen-bond donors (Lipinski definition) is 0. The number of benzene rings is 2. The van der Waals surface area contributed by atoms with E-state index in [2.05, 4.69) is 30.7 Å². The van der Waals surface area contributed by atoms with Crippen molar-refractivity contribution in [2.45, 2.75) is 19.4 Å². The number of para-hydroxylation sites is 1. The van der Waals surface area contributed by atoms with Gasteiger partial charge in [0, 0.05) is 18.7 Å². The summed E-state index contributed by atoms with van der Waals surface area (Å²) in [7, 11) is 1.63. The summed E-state index contributed by atoms with van der Waals surface area (Å²) >= 11 is 0. The number of fused-ring (bicyclic) bond motifs is 1. The van der Waals surface area contributed by atoms with Crippen LogP contribution < -0.4 is 4.74 Å². The largest absolute Gasteiger partial charge is 0.496 e. The smallest absolute Gasteiger partial charge is 0.262 e. The van der Waals surface area contributed by atoms with Crippen molar-refractivity contribution in [3.8, 4) is 28.6 Å². The first-order valence-corrected chi connectivity index (χ1v) is 9.96. The van der Waals surface area contributed by atoms with Crippen molar-refractivity contribution in [3.63, 3.8) is 0 Å². The molecule has 1 saturated heterocycles. The highest BCUT2D eigenvalue weighted by atomic mass is 16.5. The Bertz CT molecular complexity index is 1130. The molecule has 2 aromatic carbocycles. The molecule has 0 aliphatic carbocycles. The summed E-state index contributed by atoms with van der Waals surface area (Å²) in [4.78, 5) is 11.7. The second-order valence-electron chi connectivity index (χ2n) is 7.31. The molecule has 5 rings (SSSR count). The Kier molecular flexibility index (Phi) is 4.73. The normalized spacial score (nSPS) is 14.7. The Balaban J connectivity index is 1.39. The molecule has 29 heavy (non-hydrogen) atoms. The van der Waals surface area contributed by atoms with Crippen LogP contribution in [0, 0.1) is 0 Å². The van der Waals surface area contributed by atoms with Gasteiger partial charge in [-0.05, 0) is 56.3 Å². The molecule has 1 aliphatic rings. The van der Waals surface area contributed by atoms with Gasteiger partial charge in [0.2, 0.25) is 5.82 Å². The Labute approximate surface area is 168 Å². The van der Waals surface area contributed by atoms with E-state index in [-0.39, 0.29) is 0 Å². The predicted octanol–water partition coefficient (Wildman–Crippen LogP) is 3.86. The standard InChI is InChI=1S/C22H23N5O2/c1-28-20-7-3-2-6-17(20)22-24-21(25-29-22)16-8-9-19-18(14-16)23-15-27(19)13-12-26-10-4-5-11-26/h2-3,6-9,14-15H,4-5,10-13H2,1H3. The number of aromatic nitrogens is 4. The van der Waals surface area contributed by atoms with E-state index in [1.807, 2.05) is 42.7 Å². The minimum absolute atomic E-state index is 0.439. The maximum absolute atomic E-state index is 5.49. The summed E-state index contributed by atoms with van der Waals surface area (Å²) in [5.41, 5.74) is 3.72. The van der Waals surface area contributed by atoms with Crippen molar-refractivity contribution < 1.29 is 9.26 Å². The maximum Gasteiger partial charge on any atom is 0.262 e. The van der Waals surface area contributed by atoms with Gasteiger partial charge in [-0.2, -0.15) is 4.98 Å². The van der Waals surface area contributed by atoms with Crippen LogP contribution in [0.3, 0.4) is 0 Å². The van der Waals surface area contributed by atoms with Gasteiger partial charge in [-0.1, -0.05) is 17.3 Å². The van der Waals surface area contributed by atoms with Gasteiger partial charge in [0.1, 0.15) is 5.75 Å². The molecule has 0 saturated carbocycles. The van der Waals surface area contributed by atoms with Gasteiger partial charge in [0.15, 0.2) is 0 Å². The van der Waals surface area contributed by atoms with Gasteiger partial charge in [-0.3, -0.25) is 0 Å². The lowest BCUT2D eigenvalue weighted by atomic mass is 10.2. The van der Waals surface area contributed by atoms with E-state index in [1.165, 1.54) is 25.9 Å². The zero-order chi connectivity index (χ0) is 19.6. The van der Waals surface area contributed by atoms with Gasteiger partial charge < -0.3 is 18.7 Å². The average molecular weight is 389 g/mol. The summed E-state index contributed by atoms with van der Waals surface area (Å²) in [6, 6.07) is 13.7. The summed E-state index contributed by atoms with van der Waals surface area (Å²) in [6.45, 7) is 4.45. The molecule has 3 heterocycles. The summed E-state index contributed by atoms with van der Waals surface area (Å²) in [6.07, 6.45) is 4.55. The fraction of sp³-hybridized carbons (Fsp3) is 0.318. The lowest BCUT2D eigenvalue weighted by Crippen LogP contribution is -2.23. The van der Waals surface area contributed by atoms with Crippen LogP contribution in [0.15, 0.2) is 53.3 Å². The molecule has 0 atom stereocenters. The highest BCUT2D eigenvalue weighted by Crippen LogP contribution is 2.30. The van der Waals surface area contributed by atoms with Crippen molar-refractivity contribution >= 4 is 11.0 Å². The average Bonchev–Trinajstić information content (AvgIpc) is 3.52. The van der Waals surface area contributed by atoms with Crippen molar-refractivity contribution in [2.75, 3.05) is 26.7 Å². The molecule has 148 valence electrons. The molecule has 4 aromatic rings. The third kappa shape index (κ3) is 3.49. The first kappa shape index (κ1) is 17.9. The van der Waals surface area contributed by atoms with Gasteiger partial charge in [0.05, 0.1) is 30.0 Å². The summed E-state index contributed by atoms with van der Waals surface area (Å²) < 4.78 is 13.1. The van der Waals surface area contributed by atoms with E-state index in [4.69, 9.17) is 9.26 Å². The molecule has 7 nitrogen and oxygen atoms in total. The van der Waals surface area contributed by atoms with E-state index in [0.29, 0.717) is 17.5 Å². The monoisotopic (exact) mass is 389 g/mol. The molecule has 7 heteroatoms. The number of rotatable bonds is 6. The Morgan fingerprint density at radius 1 is 1.07 bits per heavy atom. The van der Waals surface area contributed by atoms with Gasteiger partial charge in [-0.25, -0.2) is 4.98 Å². The molecular formula is C22H23N5O2. The maximum atomic E-state index is 5.49. The second-order valence-corrected chi connectivity index (χ2v) is 7.31. The third-order valence-electron chi connectivity index (χ3n) is 5.50. The number of nitrogens with zero attached hydrogens (tertiary/aromatic N) is 5. The third-order valence-corrected chi connectivity index (χ3v) is 5.50. The Morgan fingerprint density at radius 3 is 2.79 bits per heavy atom. The van der Waals surface area contributed by atoms with E-state index < -0.39 is 0 Å². The summed E-state index contributed by atoms with van der Waals surface area (Å²) in [5.74, 6) is 1.68. The molecule has 0 N–H and O–H groups in total. The van der Waals surface area contributed by atoms with E-state index in [1.54, 1.807) is 7.11 Å². The summed E-state index contributed by atoms with van der Waals surface area (Å²) in [5, 5.41) is 4.16. The molecule has 2 aromatic heterocycles. The lowest BCUT2D eigenvalue weighted by molar-refractivity contribution is 0.324. The van der Waals surface area contributed by atoms with E-state index in [9.17, 15) is 0 Å². The van der Waals surface area contributed by atoms with Gasteiger partial charge >= 0.3 is 0 Å². The number of imidazole rings is 1. The molecule has 0 unspecified atom stereocenters. The molecule has 1 aliphatic heterocycles. The van der Waals surface area contributed by atoms with Crippen molar-refractivity contribution in [3.05, 3.63) is 48.8 Å². The Morgan fingerprint density at radius 2 is 1.93 bits per heavy atom. The van der Waals surface area contributed by atoms with Crippen LogP contribution in [0.25, 0.3) is 33.9 Å². The molecule has 1 fully saturated rings. The van der Waals surface area contributed by atoms with Crippen LogP contribution in [0.1, 0.15) is 12.8 Å². The van der Waals surface area contributed by atoms with Crippen molar-refractivity contribution in [1.29, 1.82) is 0 Å². The topological polar surface area (TPSA) is 69.2 Å².